The van der Waals surface area contributed by atoms with Gasteiger partial charge in [0.15, 0.2) is 0 Å². The molecule has 0 bridgehead atoms. The molecule has 72 heavy (non-hydrogen) atoms. The van der Waals surface area contributed by atoms with E-state index < -0.39 is 5.41 Å². The number of fused-ring (bicyclic) bond motifs is 13. The number of hydrogen-bond acceptors (Lipinski definition) is 2. The monoisotopic (exact) mass is 918 g/mol. The molecule has 1 unspecified atom stereocenters. The van der Waals surface area contributed by atoms with Crippen molar-refractivity contribution in [2.75, 3.05) is 9.80 Å². The van der Waals surface area contributed by atoms with Gasteiger partial charge in [0.2, 0.25) is 0 Å². The summed E-state index contributed by atoms with van der Waals surface area (Å²) in [5.41, 5.74) is 26.2. The zero-order valence-corrected chi connectivity index (χ0v) is 40.3. The van der Waals surface area contributed by atoms with Gasteiger partial charge in [-0.2, -0.15) is 0 Å². The highest BCUT2D eigenvalue weighted by Crippen LogP contribution is 2.65. The van der Waals surface area contributed by atoms with Gasteiger partial charge in [-0.15, -0.1) is 0 Å². The van der Waals surface area contributed by atoms with Crippen molar-refractivity contribution in [1.29, 1.82) is 0 Å². The second-order valence-corrected chi connectivity index (χ2v) is 20.0. The largest absolute Gasteiger partial charge is 0.310 e. The summed E-state index contributed by atoms with van der Waals surface area (Å²) in [4.78, 5) is 4.93. The molecule has 11 aromatic carbocycles. The fraction of sp³-hybridized carbons (Fsp3) is 0.0571. The molecule has 0 aliphatic heterocycles. The standard InChI is InChI=1S/C70H50N2/c1-69(2)62-34-20-18-32-55(62)57-39-38-54(43-65(57)69)72(52-30-16-7-17-31-52)68-46-67-61(45-59(68)48-24-10-4-11-25-48)60-42-49(47-22-8-3-9-23-47)36-41-64(60)70(67)63-35-21-19-33-56(63)58-40-37-53(44-66(58)70)71(50-26-12-5-13-27-50)51-28-14-6-15-29-51/h3-46H,1-2H3. The van der Waals surface area contributed by atoms with Crippen LogP contribution in [0.25, 0.3) is 55.6 Å². The smallest absolute Gasteiger partial charge is 0.0727 e. The topological polar surface area (TPSA) is 6.48 Å². The van der Waals surface area contributed by atoms with E-state index >= 15 is 0 Å². The number of nitrogens with zero attached hydrogens (tertiary/aromatic N) is 2. The highest BCUT2D eigenvalue weighted by molar-refractivity contribution is 6.02. The number of rotatable bonds is 8. The minimum Gasteiger partial charge on any atom is -0.310 e. The number of anilines is 6. The van der Waals surface area contributed by atoms with E-state index in [2.05, 4.69) is 291 Å². The number of hydrogen-bond donors (Lipinski definition) is 0. The Morgan fingerprint density at radius 3 is 1.29 bits per heavy atom. The molecule has 0 N–H and O–H groups in total. The van der Waals surface area contributed by atoms with E-state index in [1.54, 1.807) is 0 Å². The molecule has 14 rings (SSSR count). The quantitative estimate of drug-likeness (QED) is 0.150. The first-order valence-electron chi connectivity index (χ1n) is 25.2. The van der Waals surface area contributed by atoms with Gasteiger partial charge in [-0.05, 0) is 162 Å². The van der Waals surface area contributed by atoms with Crippen LogP contribution in [0, 0.1) is 0 Å². The van der Waals surface area contributed by atoms with Crippen molar-refractivity contribution in [1.82, 2.24) is 0 Å². The molecule has 0 amide bonds. The highest BCUT2D eigenvalue weighted by Gasteiger charge is 2.52. The predicted octanol–water partition coefficient (Wildman–Crippen LogP) is 18.6. The molecule has 340 valence electrons. The van der Waals surface area contributed by atoms with Crippen molar-refractivity contribution in [3.8, 4) is 55.6 Å². The van der Waals surface area contributed by atoms with Gasteiger partial charge in [0.1, 0.15) is 0 Å². The van der Waals surface area contributed by atoms with Crippen LogP contribution < -0.4 is 9.80 Å². The van der Waals surface area contributed by atoms with Crippen LogP contribution in [0.4, 0.5) is 34.1 Å². The minimum absolute atomic E-state index is 0.172. The van der Waals surface area contributed by atoms with E-state index in [0.717, 1.165) is 34.1 Å². The fourth-order valence-electron chi connectivity index (χ4n) is 12.6. The van der Waals surface area contributed by atoms with Gasteiger partial charge >= 0.3 is 0 Å². The molecular formula is C70H50N2. The van der Waals surface area contributed by atoms with Gasteiger partial charge in [-0.1, -0.05) is 202 Å². The first kappa shape index (κ1) is 41.9. The Bertz CT molecular complexity index is 3840. The maximum Gasteiger partial charge on any atom is 0.0727 e. The Hall–Kier alpha value is -8.98. The molecular weight excluding hydrogens is 869 g/mol. The van der Waals surface area contributed by atoms with Gasteiger partial charge in [0.05, 0.1) is 11.1 Å². The second-order valence-electron chi connectivity index (χ2n) is 20.0. The third-order valence-corrected chi connectivity index (χ3v) is 15.8. The van der Waals surface area contributed by atoms with E-state index in [1.807, 2.05) is 0 Å². The van der Waals surface area contributed by atoms with Crippen LogP contribution >= 0.6 is 0 Å². The molecule has 11 aromatic rings. The van der Waals surface area contributed by atoms with E-state index in [9.17, 15) is 0 Å². The second kappa shape index (κ2) is 16.3. The SMILES string of the molecule is CC1(C)c2ccccc2-c2ccc(N(c3ccccc3)c3cc4c(cc3-c3ccccc3)-c3cc(-c5ccccc5)ccc3C43c4ccccc4-c4ccc(N(c5ccccc5)c5ccccc5)cc43)cc21. The number of para-hydroxylation sites is 3. The van der Waals surface area contributed by atoms with Crippen LogP contribution in [0.2, 0.25) is 0 Å². The summed E-state index contributed by atoms with van der Waals surface area (Å²) in [7, 11) is 0. The minimum atomic E-state index is -0.658. The lowest BCUT2D eigenvalue weighted by molar-refractivity contribution is 0.660. The van der Waals surface area contributed by atoms with Gasteiger partial charge < -0.3 is 9.80 Å². The Labute approximate surface area is 422 Å². The molecule has 0 aromatic heterocycles. The first-order valence-corrected chi connectivity index (χ1v) is 25.2. The lowest BCUT2D eigenvalue weighted by atomic mass is 9.70. The summed E-state index contributed by atoms with van der Waals surface area (Å²) in [6, 6.07) is 99.3. The van der Waals surface area contributed by atoms with E-state index in [1.165, 1.54) is 89.0 Å². The molecule has 3 aliphatic carbocycles. The summed E-state index contributed by atoms with van der Waals surface area (Å²) in [5, 5.41) is 0. The molecule has 0 heterocycles. The maximum absolute atomic E-state index is 2.57. The van der Waals surface area contributed by atoms with Crippen LogP contribution in [0.5, 0.6) is 0 Å². The lowest BCUT2D eigenvalue weighted by Crippen LogP contribution is -2.26. The van der Waals surface area contributed by atoms with Crippen molar-refractivity contribution >= 4 is 34.1 Å². The van der Waals surface area contributed by atoms with Gasteiger partial charge in [-0.3, -0.25) is 0 Å². The lowest BCUT2D eigenvalue weighted by Gasteiger charge is -2.34. The van der Waals surface area contributed by atoms with Crippen LogP contribution in [0.3, 0.4) is 0 Å². The van der Waals surface area contributed by atoms with E-state index in [4.69, 9.17) is 0 Å². The van der Waals surface area contributed by atoms with Crippen molar-refractivity contribution in [2.24, 2.45) is 0 Å². The zero-order valence-electron chi connectivity index (χ0n) is 40.3. The first-order chi connectivity index (χ1) is 35.5. The number of benzene rings is 11. The summed E-state index contributed by atoms with van der Waals surface area (Å²) in [5.74, 6) is 0. The average Bonchev–Trinajstić information content (AvgIpc) is 4.00. The third kappa shape index (κ3) is 6.22. The summed E-state index contributed by atoms with van der Waals surface area (Å²) < 4.78 is 0. The molecule has 0 radical (unpaired) electrons. The molecule has 0 saturated heterocycles. The molecule has 1 atom stereocenters. The Balaban J connectivity index is 1.09. The molecule has 3 aliphatic rings. The molecule has 2 nitrogen and oxygen atoms in total. The Morgan fingerprint density at radius 2 is 0.667 bits per heavy atom. The van der Waals surface area contributed by atoms with Gasteiger partial charge in [0.25, 0.3) is 0 Å². The molecule has 0 fully saturated rings. The predicted molar refractivity (Wildman–Crippen MR) is 301 cm³/mol. The summed E-state index contributed by atoms with van der Waals surface area (Å²) in [6.45, 7) is 4.76. The molecule has 1 spiro atoms. The molecule has 0 saturated carbocycles. The van der Waals surface area contributed by atoms with Crippen LogP contribution in [0.1, 0.15) is 47.2 Å². The summed E-state index contributed by atoms with van der Waals surface area (Å²) >= 11 is 0. The van der Waals surface area contributed by atoms with Crippen molar-refractivity contribution < 1.29 is 0 Å². The van der Waals surface area contributed by atoms with E-state index in [0.29, 0.717) is 0 Å². The normalized spacial score (nSPS) is 15.0. The van der Waals surface area contributed by atoms with Gasteiger partial charge in [-0.25, -0.2) is 0 Å². The fourth-order valence-corrected chi connectivity index (χ4v) is 12.6. The van der Waals surface area contributed by atoms with Crippen LogP contribution in [-0.2, 0) is 10.8 Å². The van der Waals surface area contributed by atoms with E-state index in [-0.39, 0.29) is 5.41 Å². The molecule has 2 heteroatoms. The zero-order chi connectivity index (χ0) is 48.0. The van der Waals surface area contributed by atoms with Gasteiger partial charge in [0, 0.05) is 39.4 Å². The highest BCUT2D eigenvalue weighted by atomic mass is 15.1. The maximum atomic E-state index is 2.57. The Kier molecular flexibility index (Phi) is 9.50. The Morgan fingerprint density at radius 1 is 0.236 bits per heavy atom. The van der Waals surface area contributed by atoms with Crippen LogP contribution in [0.15, 0.2) is 267 Å². The van der Waals surface area contributed by atoms with Crippen molar-refractivity contribution in [2.45, 2.75) is 24.7 Å². The van der Waals surface area contributed by atoms with Crippen molar-refractivity contribution in [3.05, 3.63) is 300 Å². The summed E-state index contributed by atoms with van der Waals surface area (Å²) in [6.07, 6.45) is 0. The van der Waals surface area contributed by atoms with Crippen LogP contribution in [-0.4, -0.2) is 0 Å². The third-order valence-electron chi connectivity index (χ3n) is 15.8. The average molecular weight is 919 g/mol. The van der Waals surface area contributed by atoms with Crippen molar-refractivity contribution in [3.63, 3.8) is 0 Å².